The van der Waals surface area contributed by atoms with Crippen LogP contribution < -0.4 is 25.4 Å². The number of aromatic nitrogens is 2. The Morgan fingerprint density at radius 3 is 2.42 bits per heavy atom. The number of halogens is 7. The first-order valence-electron chi connectivity index (χ1n) is 13.8. The number of nitrogens with zero attached hydrogens (tertiary/aromatic N) is 3. The van der Waals surface area contributed by atoms with Crippen LogP contribution in [0.4, 0.5) is 38.1 Å². The van der Waals surface area contributed by atoms with Crippen molar-refractivity contribution in [2.45, 2.75) is 50.9 Å². The van der Waals surface area contributed by atoms with Crippen LogP contribution in [0.2, 0.25) is 5.02 Å². The molecule has 45 heavy (non-hydrogen) atoms. The molecule has 2 aliphatic heterocycles. The zero-order valence-electron chi connectivity index (χ0n) is 23.7. The normalized spacial score (nSPS) is 19.0. The van der Waals surface area contributed by atoms with Gasteiger partial charge in [0.1, 0.15) is 17.6 Å². The minimum Gasteiger partial charge on any atom is -0.480 e. The number of nitrogens with two attached hydrogens (primary N) is 1. The summed E-state index contributed by atoms with van der Waals surface area (Å²) in [7, 11) is 0. The monoisotopic (exact) mass is 659 g/mol. The molecule has 0 bridgehead atoms. The number of rotatable bonds is 7. The van der Waals surface area contributed by atoms with E-state index >= 15 is 0 Å². The van der Waals surface area contributed by atoms with Crippen LogP contribution in [0.15, 0.2) is 42.5 Å². The lowest BCUT2D eigenvalue weighted by Crippen LogP contribution is -2.41. The van der Waals surface area contributed by atoms with Crippen LogP contribution in [0.1, 0.15) is 36.5 Å². The van der Waals surface area contributed by atoms with Crippen LogP contribution in [-0.4, -0.2) is 59.3 Å². The molecule has 5 rings (SSSR count). The minimum atomic E-state index is -4.97. The lowest BCUT2D eigenvalue weighted by Gasteiger charge is -2.39. The molecule has 2 aliphatic rings. The summed E-state index contributed by atoms with van der Waals surface area (Å²) in [6, 6.07) is 7.71. The summed E-state index contributed by atoms with van der Waals surface area (Å²) in [6.07, 6.45) is -10.7. The van der Waals surface area contributed by atoms with Crippen molar-refractivity contribution in [2.24, 2.45) is 5.41 Å². The third-order valence-electron chi connectivity index (χ3n) is 8.06. The number of carboxylic acid groups (broad SMARTS) is 1. The van der Waals surface area contributed by atoms with Gasteiger partial charge in [0.05, 0.1) is 0 Å². The van der Waals surface area contributed by atoms with E-state index in [0.717, 1.165) is 12.1 Å². The van der Waals surface area contributed by atoms with Gasteiger partial charge >= 0.3 is 18.5 Å². The quantitative estimate of drug-likeness (QED) is 0.251. The Hall–Kier alpha value is -3.98. The predicted octanol–water partition coefficient (Wildman–Crippen LogP) is 6.30. The molecule has 2 saturated heterocycles. The van der Waals surface area contributed by atoms with E-state index in [1.807, 2.05) is 4.90 Å². The van der Waals surface area contributed by atoms with E-state index in [1.54, 1.807) is 0 Å². The lowest BCUT2D eigenvalue weighted by molar-refractivity contribution is -0.274. The molecule has 0 saturated carbocycles. The number of carboxylic acids is 1. The number of hydrogen-bond donors (Lipinski definition) is 3. The van der Waals surface area contributed by atoms with Crippen molar-refractivity contribution in [1.29, 1.82) is 0 Å². The summed E-state index contributed by atoms with van der Waals surface area (Å²) in [6.45, 7) is 2.79. The number of alkyl halides is 6. The molecular formula is C29H28ClF6N5O4. The van der Waals surface area contributed by atoms with Gasteiger partial charge in [-0.25, -0.2) is 0 Å². The van der Waals surface area contributed by atoms with Gasteiger partial charge in [-0.15, -0.1) is 13.2 Å². The molecule has 1 unspecified atom stereocenters. The van der Waals surface area contributed by atoms with Crippen LogP contribution in [0.25, 0.3) is 11.1 Å². The molecule has 3 heterocycles. The number of nitrogens with one attached hydrogen (secondary N) is 1. The molecule has 2 aromatic carbocycles. The summed E-state index contributed by atoms with van der Waals surface area (Å²) >= 11 is 6.13. The maximum Gasteiger partial charge on any atom is 0.573 e. The standard InChI is InChI=1S/C29H28ClF6N5O4/c1-15-10-16(2-5-21(15)45-29(34,35)36)19-11-17(30)3-4-18(19)24(28(31,32)33)44-23-12-22(39-26(37)40-23)41-8-6-27(7-9-41)13-20(25(42)43)38-14-27/h2-5,10-12,20,24,38H,6-9,13-14H2,1H3,(H,42,43)(H2,37,39,40)/t20?,24-/m1/s1. The summed E-state index contributed by atoms with van der Waals surface area (Å²) < 4.78 is 91.5. The molecule has 1 aromatic heterocycles. The zero-order valence-corrected chi connectivity index (χ0v) is 24.4. The fraction of sp³-hybridized carbons (Fsp3) is 0.414. The fourth-order valence-electron chi connectivity index (χ4n) is 5.83. The van der Waals surface area contributed by atoms with Gasteiger partial charge in [0.2, 0.25) is 17.9 Å². The molecule has 0 amide bonds. The van der Waals surface area contributed by atoms with Gasteiger partial charge in [0.25, 0.3) is 0 Å². The van der Waals surface area contributed by atoms with E-state index in [-0.39, 0.29) is 44.5 Å². The lowest BCUT2D eigenvalue weighted by atomic mass is 9.76. The first-order chi connectivity index (χ1) is 21.0. The van der Waals surface area contributed by atoms with Crippen LogP contribution in [0, 0.1) is 12.3 Å². The van der Waals surface area contributed by atoms with Gasteiger partial charge in [-0.2, -0.15) is 23.1 Å². The maximum absolute atomic E-state index is 14.6. The van der Waals surface area contributed by atoms with Gasteiger partial charge in [-0.3, -0.25) is 4.79 Å². The smallest absolute Gasteiger partial charge is 0.480 e. The summed E-state index contributed by atoms with van der Waals surface area (Å²) in [4.78, 5) is 21.3. The summed E-state index contributed by atoms with van der Waals surface area (Å²) in [5.41, 5.74) is 5.45. The van der Waals surface area contributed by atoms with Crippen LogP contribution in [0.5, 0.6) is 11.6 Å². The third-order valence-corrected chi connectivity index (χ3v) is 8.29. The molecule has 4 N–H and O–H groups in total. The first-order valence-corrected chi connectivity index (χ1v) is 14.1. The van der Waals surface area contributed by atoms with Crippen molar-refractivity contribution in [1.82, 2.24) is 15.3 Å². The summed E-state index contributed by atoms with van der Waals surface area (Å²) in [5.74, 6) is -1.92. The molecule has 242 valence electrons. The van der Waals surface area contributed by atoms with Crippen molar-refractivity contribution >= 4 is 29.3 Å². The van der Waals surface area contributed by atoms with E-state index in [4.69, 9.17) is 22.1 Å². The second-order valence-corrected chi connectivity index (χ2v) is 11.6. The average molecular weight is 660 g/mol. The Morgan fingerprint density at radius 2 is 1.82 bits per heavy atom. The maximum atomic E-state index is 14.6. The second kappa shape index (κ2) is 12.1. The van der Waals surface area contributed by atoms with Crippen molar-refractivity contribution in [3.05, 3.63) is 58.6 Å². The SMILES string of the molecule is Cc1cc(-c2cc(Cl)ccc2[C@@H](Oc2cc(N3CCC4(CC3)CNC(C(=O)O)C4)nc(N)n2)C(F)(F)F)ccc1OC(F)(F)F. The number of nitrogen functional groups attached to an aromatic ring is 1. The Bertz CT molecular complexity index is 1580. The van der Waals surface area contributed by atoms with Gasteiger partial charge in [0, 0.05) is 36.3 Å². The molecule has 16 heteroatoms. The second-order valence-electron chi connectivity index (χ2n) is 11.2. The van der Waals surface area contributed by atoms with E-state index in [0.29, 0.717) is 38.9 Å². The molecule has 2 fully saturated rings. The molecule has 1 spiro atoms. The third kappa shape index (κ3) is 7.47. The Morgan fingerprint density at radius 1 is 1.11 bits per heavy atom. The highest BCUT2D eigenvalue weighted by atomic mass is 35.5. The van der Waals surface area contributed by atoms with E-state index in [9.17, 15) is 36.2 Å². The highest BCUT2D eigenvalue weighted by Crippen LogP contribution is 2.44. The minimum absolute atomic E-state index is 0.0279. The van der Waals surface area contributed by atoms with Crippen molar-refractivity contribution in [2.75, 3.05) is 30.3 Å². The number of ether oxygens (including phenoxy) is 2. The number of aliphatic carboxylic acids is 1. The van der Waals surface area contributed by atoms with E-state index < -0.39 is 42.3 Å². The van der Waals surface area contributed by atoms with Crippen molar-refractivity contribution < 1.29 is 45.7 Å². The van der Waals surface area contributed by atoms with E-state index in [2.05, 4.69) is 20.0 Å². The number of carbonyl (C=O) groups is 1. The predicted molar refractivity (Wildman–Crippen MR) is 152 cm³/mol. The van der Waals surface area contributed by atoms with Crippen LogP contribution in [0.3, 0.4) is 0 Å². The number of aryl methyl sites for hydroxylation is 1. The van der Waals surface area contributed by atoms with E-state index in [1.165, 1.54) is 37.3 Å². The van der Waals surface area contributed by atoms with Crippen LogP contribution in [-0.2, 0) is 4.79 Å². The molecule has 3 aromatic rings. The number of piperidine rings is 1. The molecule has 0 aliphatic carbocycles. The molecule has 9 nitrogen and oxygen atoms in total. The van der Waals surface area contributed by atoms with Gasteiger partial charge in [-0.05, 0) is 72.6 Å². The molecular weight excluding hydrogens is 632 g/mol. The number of benzene rings is 2. The van der Waals surface area contributed by atoms with Gasteiger partial charge in [-0.1, -0.05) is 23.7 Å². The van der Waals surface area contributed by atoms with Crippen molar-refractivity contribution in [3.8, 4) is 22.8 Å². The molecule has 2 atom stereocenters. The average Bonchev–Trinajstić information content (AvgIpc) is 3.35. The highest BCUT2D eigenvalue weighted by molar-refractivity contribution is 6.30. The van der Waals surface area contributed by atoms with Crippen LogP contribution >= 0.6 is 11.6 Å². The molecule has 0 radical (unpaired) electrons. The summed E-state index contributed by atoms with van der Waals surface area (Å²) in [5, 5.41) is 12.5. The van der Waals surface area contributed by atoms with Gasteiger partial charge in [0.15, 0.2) is 0 Å². The van der Waals surface area contributed by atoms with Crippen molar-refractivity contribution in [3.63, 3.8) is 0 Å². The number of anilines is 2. The Kier molecular flexibility index (Phi) is 8.70. The fourth-order valence-corrected chi connectivity index (χ4v) is 6.00. The largest absolute Gasteiger partial charge is 0.573 e. The number of hydrogen-bond acceptors (Lipinski definition) is 8. The first kappa shape index (κ1) is 32.4. The zero-order chi connectivity index (χ0) is 32.7. The Balaban J connectivity index is 1.42. The topological polar surface area (TPSA) is 123 Å². The highest BCUT2D eigenvalue weighted by Gasteiger charge is 2.46. The van der Waals surface area contributed by atoms with Gasteiger partial charge < -0.3 is 30.5 Å². The Labute approximate surface area is 258 Å².